The van der Waals surface area contributed by atoms with Gasteiger partial charge in [0, 0.05) is 6.54 Å². The number of rotatable bonds is 7. The Morgan fingerprint density at radius 3 is 2.59 bits per heavy atom. The SMILES string of the molecule is CCCNc1ncnc(OCCC)c1C(C)C. The Bertz CT molecular complexity index is 313. The molecule has 17 heavy (non-hydrogen) atoms. The summed E-state index contributed by atoms with van der Waals surface area (Å²) in [7, 11) is 0. The van der Waals surface area contributed by atoms with Crippen LogP contribution in [0.3, 0.4) is 0 Å². The molecule has 0 atom stereocenters. The molecule has 0 spiro atoms. The highest BCUT2D eigenvalue weighted by Crippen LogP contribution is 2.29. The number of nitrogens with zero attached hydrogens (tertiary/aromatic N) is 2. The second-order valence-electron chi connectivity index (χ2n) is 4.37. The number of hydrogen-bond acceptors (Lipinski definition) is 4. The van der Waals surface area contributed by atoms with Crippen molar-refractivity contribution in [1.29, 1.82) is 0 Å². The summed E-state index contributed by atoms with van der Waals surface area (Å²) in [5, 5.41) is 3.33. The van der Waals surface area contributed by atoms with Crippen LogP contribution in [-0.4, -0.2) is 23.1 Å². The second-order valence-corrected chi connectivity index (χ2v) is 4.37. The van der Waals surface area contributed by atoms with Crippen LogP contribution in [0, 0.1) is 0 Å². The first-order valence-corrected chi connectivity index (χ1v) is 6.42. The van der Waals surface area contributed by atoms with Gasteiger partial charge in [0.2, 0.25) is 5.88 Å². The van der Waals surface area contributed by atoms with Crippen LogP contribution < -0.4 is 10.1 Å². The Morgan fingerprint density at radius 2 is 2.00 bits per heavy atom. The van der Waals surface area contributed by atoms with E-state index in [9.17, 15) is 0 Å². The molecule has 1 rings (SSSR count). The molecular formula is C13H23N3O. The fourth-order valence-corrected chi connectivity index (χ4v) is 1.60. The van der Waals surface area contributed by atoms with Crippen LogP contribution >= 0.6 is 0 Å². The summed E-state index contributed by atoms with van der Waals surface area (Å²) in [5.41, 5.74) is 1.08. The monoisotopic (exact) mass is 237 g/mol. The summed E-state index contributed by atoms with van der Waals surface area (Å²) < 4.78 is 5.68. The zero-order valence-corrected chi connectivity index (χ0v) is 11.3. The van der Waals surface area contributed by atoms with Crippen molar-refractivity contribution in [3.63, 3.8) is 0 Å². The van der Waals surface area contributed by atoms with Crippen LogP contribution in [0.5, 0.6) is 5.88 Å². The third-order valence-electron chi connectivity index (χ3n) is 2.41. The van der Waals surface area contributed by atoms with Gasteiger partial charge in [-0.15, -0.1) is 0 Å². The number of aromatic nitrogens is 2. The van der Waals surface area contributed by atoms with E-state index in [0.29, 0.717) is 12.5 Å². The molecule has 4 heteroatoms. The quantitative estimate of drug-likeness (QED) is 0.791. The van der Waals surface area contributed by atoms with Crippen LogP contribution in [0.1, 0.15) is 52.0 Å². The molecule has 0 aliphatic carbocycles. The van der Waals surface area contributed by atoms with Crippen molar-refractivity contribution in [3.8, 4) is 5.88 Å². The maximum absolute atomic E-state index is 5.68. The topological polar surface area (TPSA) is 47.0 Å². The Kier molecular flexibility index (Phi) is 5.73. The Labute approximate surface area is 104 Å². The van der Waals surface area contributed by atoms with Crippen molar-refractivity contribution in [1.82, 2.24) is 9.97 Å². The van der Waals surface area contributed by atoms with E-state index in [2.05, 4.69) is 43.0 Å². The Hall–Kier alpha value is -1.32. The lowest BCUT2D eigenvalue weighted by atomic mass is 10.1. The van der Waals surface area contributed by atoms with Gasteiger partial charge >= 0.3 is 0 Å². The average Bonchev–Trinajstić information content (AvgIpc) is 2.33. The van der Waals surface area contributed by atoms with Gasteiger partial charge in [-0.05, 0) is 18.8 Å². The zero-order valence-electron chi connectivity index (χ0n) is 11.3. The van der Waals surface area contributed by atoms with Gasteiger partial charge in [0.25, 0.3) is 0 Å². The van der Waals surface area contributed by atoms with E-state index in [1.54, 1.807) is 6.33 Å². The molecule has 0 aliphatic heterocycles. The molecule has 0 aliphatic rings. The van der Waals surface area contributed by atoms with Gasteiger partial charge < -0.3 is 10.1 Å². The number of anilines is 1. The van der Waals surface area contributed by atoms with Gasteiger partial charge in [0.1, 0.15) is 12.1 Å². The first kappa shape index (κ1) is 13.7. The molecule has 0 saturated heterocycles. The molecule has 1 aromatic rings. The summed E-state index contributed by atoms with van der Waals surface area (Å²) in [4.78, 5) is 8.54. The molecule has 0 radical (unpaired) electrons. The van der Waals surface area contributed by atoms with Gasteiger partial charge in [-0.2, -0.15) is 0 Å². The molecule has 1 aromatic heterocycles. The standard InChI is InChI=1S/C13H23N3O/c1-5-7-14-12-11(10(3)4)13(16-9-15-12)17-8-6-2/h9-10H,5-8H2,1-4H3,(H,14,15,16). The van der Waals surface area contributed by atoms with Crippen molar-refractivity contribution in [2.24, 2.45) is 0 Å². The maximum Gasteiger partial charge on any atom is 0.222 e. The van der Waals surface area contributed by atoms with E-state index in [1.807, 2.05) is 0 Å². The van der Waals surface area contributed by atoms with Crippen LogP contribution in [0.4, 0.5) is 5.82 Å². The summed E-state index contributed by atoms with van der Waals surface area (Å²) in [5.74, 6) is 1.97. The molecular weight excluding hydrogens is 214 g/mol. The van der Waals surface area contributed by atoms with Gasteiger partial charge in [0.05, 0.1) is 12.2 Å². The average molecular weight is 237 g/mol. The highest BCUT2D eigenvalue weighted by atomic mass is 16.5. The summed E-state index contributed by atoms with van der Waals surface area (Å²) in [6, 6.07) is 0. The van der Waals surface area contributed by atoms with Gasteiger partial charge in [-0.3, -0.25) is 0 Å². The molecule has 0 saturated carbocycles. The van der Waals surface area contributed by atoms with E-state index in [4.69, 9.17) is 4.74 Å². The molecule has 0 unspecified atom stereocenters. The number of nitrogens with one attached hydrogen (secondary N) is 1. The fraction of sp³-hybridized carbons (Fsp3) is 0.692. The summed E-state index contributed by atoms with van der Waals surface area (Å²) in [6.07, 6.45) is 3.63. The van der Waals surface area contributed by atoms with Crippen LogP contribution in [-0.2, 0) is 0 Å². The summed E-state index contributed by atoms with van der Waals surface area (Å²) >= 11 is 0. The minimum absolute atomic E-state index is 0.349. The normalized spacial score (nSPS) is 10.6. The van der Waals surface area contributed by atoms with Crippen molar-refractivity contribution in [2.75, 3.05) is 18.5 Å². The van der Waals surface area contributed by atoms with Gasteiger partial charge in [0.15, 0.2) is 0 Å². The van der Waals surface area contributed by atoms with Crippen molar-refractivity contribution >= 4 is 5.82 Å². The molecule has 96 valence electrons. The molecule has 4 nitrogen and oxygen atoms in total. The lowest BCUT2D eigenvalue weighted by molar-refractivity contribution is 0.300. The minimum atomic E-state index is 0.349. The third-order valence-corrected chi connectivity index (χ3v) is 2.41. The van der Waals surface area contributed by atoms with E-state index < -0.39 is 0 Å². The van der Waals surface area contributed by atoms with E-state index >= 15 is 0 Å². The number of hydrogen-bond donors (Lipinski definition) is 1. The fourth-order valence-electron chi connectivity index (χ4n) is 1.60. The highest BCUT2D eigenvalue weighted by Gasteiger charge is 2.15. The molecule has 1 N–H and O–H groups in total. The highest BCUT2D eigenvalue weighted by molar-refractivity contribution is 5.50. The Morgan fingerprint density at radius 1 is 1.24 bits per heavy atom. The predicted molar refractivity (Wildman–Crippen MR) is 70.7 cm³/mol. The summed E-state index contributed by atoms with van der Waals surface area (Å²) in [6.45, 7) is 10.1. The van der Waals surface area contributed by atoms with Crippen LogP contribution in [0.25, 0.3) is 0 Å². The number of ether oxygens (including phenoxy) is 1. The van der Waals surface area contributed by atoms with E-state index in [-0.39, 0.29) is 0 Å². The van der Waals surface area contributed by atoms with E-state index in [1.165, 1.54) is 0 Å². The van der Waals surface area contributed by atoms with Crippen LogP contribution in [0.15, 0.2) is 6.33 Å². The molecule has 0 bridgehead atoms. The molecule has 0 amide bonds. The maximum atomic E-state index is 5.68. The molecule has 1 heterocycles. The van der Waals surface area contributed by atoms with Crippen molar-refractivity contribution in [2.45, 2.75) is 46.5 Å². The second kappa shape index (κ2) is 7.09. The minimum Gasteiger partial charge on any atom is -0.477 e. The van der Waals surface area contributed by atoms with E-state index in [0.717, 1.165) is 36.6 Å². The third kappa shape index (κ3) is 3.88. The largest absolute Gasteiger partial charge is 0.477 e. The van der Waals surface area contributed by atoms with Crippen LogP contribution in [0.2, 0.25) is 0 Å². The van der Waals surface area contributed by atoms with Crippen molar-refractivity contribution < 1.29 is 4.74 Å². The first-order valence-electron chi connectivity index (χ1n) is 6.42. The van der Waals surface area contributed by atoms with Gasteiger partial charge in [-0.25, -0.2) is 9.97 Å². The molecule has 0 aromatic carbocycles. The van der Waals surface area contributed by atoms with Crippen molar-refractivity contribution in [3.05, 3.63) is 11.9 Å². The molecule has 0 fully saturated rings. The Balaban J connectivity index is 2.95. The smallest absolute Gasteiger partial charge is 0.222 e. The zero-order chi connectivity index (χ0) is 12.7. The lowest BCUT2D eigenvalue weighted by Gasteiger charge is -2.16. The lowest BCUT2D eigenvalue weighted by Crippen LogP contribution is -2.10. The first-order chi connectivity index (χ1) is 8.20. The predicted octanol–water partition coefficient (Wildman–Crippen LogP) is 3.21. The van der Waals surface area contributed by atoms with Gasteiger partial charge in [-0.1, -0.05) is 27.7 Å².